The van der Waals surface area contributed by atoms with Crippen molar-refractivity contribution in [1.29, 1.82) is 5.26 Å². The first-order valence-corrected chi connectivity index (χ1v) is 10.4. The van der Waals surface area contributed by atoms with Crippen molar-refractivity contribution in [2.24, 2.45) is 0 Å². The van der Waals surface area contributed by atoms with Gasteiger partial charge in [-0.1, -0.05) is 48.5 Å². The Balaban J connectivity index is 1.81. The molecule has 0 unspecified atom stereocenters. The number of fused-ring (bicyclic) bond motifs is 1. The molecule has 0 spiro atoms. The highest BCUT2D eigenvalue weighted by molar-refractivity contribution is 6.00. The van der Waals surface area contributed by atoms with Gasteiger partial charge in [-0.25, -0.2) is 4.39 Å². The Morgan fingerprint density at radius 1 is 0.879 bits per heavy atom. The number of halogens is 1. The molecule has 0 heterocycles. The summed E-state index contributed by atoms with van der Waals surface area (Å²) in [5.41, 5.74) is 2.32. The number of hydrogen-bond donors (Lipinski definition) is 0. The van der Waals surface area contributed by atoms with Crippen LogP contribution in [0.1, 0.15) is 16.7 Å². The van der Waals surface area contributed by atoms with Gasteiger partial charge in [-0.3, -0.25) is 0 Å². The van der Waals surface area contributed by atoms with Crippen LogP contribution in [0.5, 0.6) is 17.2 Å². The van der Waals surface area contributed by atoms with Crippen LogP contribution in [0.3, 0.4) is 0 Å². The maximum atomic E-state index is 14.1. The summed E-state index contributed by atoms with van der Waals surface area (Å²) < 4.78 is 30.8. The molecule has 0 amide bonds. The Hall–Kier alpha value is -4.30. The average Bonchev–Trinajstić information content (AvgIpc) is 2.86. The lowest BCUT2D eigenvalue weighted by Gasteiger charge is -2.14. The van der Waals surface area contributed by atoms with Crippen LogP contribution in [-0.4, -0.2) is 14.2 Å². The second-order valence-corrected chi connectivity index (χ2v) is 7.32. The van der Waals surface area contributed by atoms with Crippen molar-refractivity contribution in [1.82, 2.24) is 0 Å². The third-order valence-corrected chi connectivity index (χ3v) is 5.38. The number of ether oxygens (including phenoxy) is 3. The van der Waals surface area contributed by atoms with Crippen LogP contribution in [0.25, 0.3) is 22.4 Å². The smallest absolute Gasteiger partial charge is 0.161 e. The number of methoxy groups -OCH3 is 2. The number of nitrogens with zero attached hydrogens (tertiary/aromatic N) is 1. The highest BCUT2D eigenvalue weighted by Crippen LogP contribution is 2.35. The summed E-state index contributed by atoms with van der Waals surface area (Å²) in [6, 6.07) is 25.8. The molecule has 0 aliphatic heterocycles. The third kappa shape index (κ3) is 4.65. The molecule has 4 nitrogen and oxygen atoms in total. The minimum absolute atomic E-state index is 0.0735. The molecule has 5 heteroatoms. The molecule has 4 aromatic carbocycles. The second kappa shape index (κ2) is 9.88. The first kappa shape index (κ1) is 21.9. The van der Waals surface area contributed by atoms with Crippen molar-refractivity contribution in [3.63, 3.8) is 0 Å². The third-order valence-electron chi connectivity index (χ3n) is 5.38. The predicted molar refractivity (Wildman–Crippen MR) is 128 cm³/mol. The summed E-state index contributed by atoms with van der Waals surface area (Å²) in [4.78, 5) is 0. The van der Waals surface area contributed by atoms with Crippen molar-refractivity contribution in [3.8, 4) is 23.3 Å². The lowest BCUT2D eigenvalue weighted by molar-refractivity contribution is 0.299. The molecule has 0 saturated heterocycles. The molecule has 33 heavy (non-hydrogen) atoms. The molecular weight excluding hydrogens is 417 g/mol. The lowest BCUT2D eigenvalue weighted by atomic mass is 9.98. The first-order chi connectivity index (χ1) is 16.1. The zero-order valence-corrected chi connectivity index (χ0v) is 18.3. The Morgan fingerprint density at radius 2 is 1.61 bits per heavy atom. The Morgan fingerprint density at radius 3 is 2.36 bits per heavy atom. The molecule has 0 aliphatic rings. The summed E-state index contributed by atoms with van der Waals surface area (Å²) in [6.07, 6.45) is 1.79. The quantitative estimate of drug-likeness (QED) is 0.239. The molecule has 0 fully saturated rings. The molecule has 0 atom stereocenters. The van der Waals surface area contributed by atoms with E-state index in [0.29, 0.717) is 33.9 Å². The predicted octanol–water partition coefficient (Wildman–Crippen LogP) is 6.64. The van der Waals surface area contributed by atoms with Crippen LogP contribution in [-0.2, 0) is 6.61 Å². The summed E-state index contributed by atoms with van der Waals surface area (Å²) in [6.45, 7) is 0.0735. The molecule has 0 radical (unpaired) electrons. The molecule has 4 aromatic rings. The van der Waals surface area contributed by atoms with E-state index < -0.39 is 0 Å². The van der Waals surface area contributed by atoms with Crippen molar-refractivity contribution >= 4 is 22.4 Å². The van der Waals surface area contributed by atoms with Gasteiger partial charge in [-0.15, -0.1) is 0 Å². The fraction of sp³-hybridized carbons (Fsp3) is 0.107. The molecule has 0 aromatic heterocycles. The standard InChI is InChI=1S/C28H22FNO3/c1-31-27-14-12-20(16-28(27)32-2)22(17-30)15-24-23-9-5-3-7-19(23)11-13-26(24)33-18-21-8-4-6-10-25(21)29/h3-16H,18H2,1-2H3/b22-15+. The molecule has 0 bridgehead atoms. The van der Waals surface area contributed by atoms with Crippen molar-refractivity contribution < 1.29 is 18.6 Å². The fourth-order valence-corrected chi connectivity index (χ4v) is 3.65. The topological polar surface area (TPSA) is 51.5 Å². The van der Waals surface area contributed by atoms with Gasteiger partial charge < -0.3 is 14.2 Å². The number of benzene rings is 4. The minimum atomic E-state index is -0.321. The second-order valence-electron chi connectivity index (χ2n) is 7.32. The fourth-order valence-electron chi connectivity index (χ4n) is 3.65. The van der Waals surface area contributed by atoms with Gasteiger partial charge in [-0.05, 0) is 52.7 Å². The summed E-state index contributed by atoms with van der Waals surface area (Å²) in [5, 5.41) is 11.9. The van der Waals surface area contributed by atoms with Gasteiger partial charge in [0.25, 0.3) is 0 Å². The maximum Gasteiger partial charge on any atom is 0.161 e. The maximum absolute atomic E-state index is 14.1. The minimum Gasteiger partial charge on any atom is -0.493 e. The van der Waals surface area contributed by atoms with Crippen LogP contribution >= 0.6 is 0 Å². The van der Waals surface area contributed by atoms with Crippen LogP contribution < -0.4 is 14.2 Å². The lowest BCUT2D eigenvalue weighted by Crippen LogP contribution is -2.00. The normalized spacial score (nSPS) is 11.2. The Bertz CT molecular complexity index is 1370. The van der Waals surface area contributed by atoms with E-state index >= 15 is 0 Å². The summed E-state index contributed by atoms with van der Waals surface area (Å²) in [7, 11) is 3.12. The van der Waals surface area contributed by atoms with Crippen molar-refractivity contribution in [3.05, 3.63) is 101 Å². The van der Waals surface area contributed by atoms with E-state index in [1.54, 1.807) is 56.7 Å². The molecule has 4 rings (SSSR count). The SMILES string of the molecule is COc1ccc(/C(C#N)=C/c2c(OCc3ccccc3F)ccc3ccccc23)cc1OC. The van der Waals surface area contributed by atoms with E-state index in [1.807, 2.05) is 36.4 Å². The Kier molecular flexibility index (Phi) is 6.56. The van der Waals surface area contributed by atoms with Crippen LogP contribution in [0.4, 0.5) is 4.39 Å². The summed E-state index contributed by atoms with van der Waals surface area (Å²) >= 11 is 0. The number of hydrogen-bond acceptors (Lipinski definition) is 4. The van der Waals surface area contributed by atoms with Gasteiger partial charge >= 0.3 is 0 Å². The van der Waals surface area contributed by atoms with E-state index in [2.05, 4.69) is 6.07 Å². The highest BCUT2D eigenvalue weighted by atomic mass is 19.1. The number of allylic oxidation sites excluding steroid dienone is 1. The zero-order chi connectivity index (χ0) is 23.2. The van der Waals surface area contributed by atoms with Crippen molar-refractivity contribution in [2.45, 2.75) is 6.61 Å². The van der Waals surface area contributed by atoms with Crippen molar-refractivity contribution in [2.75, 3.05) is 14.2 Å². The van der Waals surface area contributed by atoms with Crippen LogP contribution in [0.15, 0.2) is 78.9 Å². The van der Waals surface area contributed by atoms with Gasteiger partial charge in [0.1, 0.15) is 18.2 Å². The van der Waals surface area contributed by atoms with E-state index in [9.17, 15) is 9.65 Å². The molecular formula is C28H22FNO3. The summed E-state index contributed by atoms with van der Waals surface area (Å²) in [5.74, 6) is 1.35. The van der Waals surface area contributed by atoms with Gasteiger partial charge in [0.2, 0.25) is 0 Å². The zero-order valence-electron chi connectivity index (χ0n) is 18.3. The van der Waals surface area contributed by atoms with Crippen LogP contribution in [0, 0.1) is 17.1 Å². The van der Waals surface area contributed by atoms with E-state index in [1.165, 1.54) is 6.07 Å². The molecule has 0 saturated carbocycles. The number of rotatable bonds is 7. The van der Waals surface area contributed by atoms with Gasteiger partial charge in [0.05, 0.1) is 25.9 Å². The van der Waals surface area contributed by atoms with E-state index in [4.69, 9.17) is 14.2 Å². The Labute approximate surface area is 192 Å². The van der Waals surface area contributed by atoms with Gasteiger partial charge in [-0.2, -0.15) is 5.26 Å². The first-order valence-electron chi connectivity index (χ1n) is 10.4. The van der Waals surface area contributed by atoms with Gasteiger partial charge in [0.15, 0.2) is 11.5 Å². The molecule has 164 valence electrons. The van der Waals surface area contributed by atoms with E-state index in [-0.39, 0.29) is 12.4 Å². The van der Waals surface area contributed by atoms with Gasteiger partial charge in [0, 0.05) is 11.1 Å². The van der Waals surface area contributed by atoms with Crippen LogP contribution in [0.2, 0.25) is 0 Å². The number of nitriles is 1. The van der Waals surface area contributed by atoms with E-state index in [0.717, 1.165) is 16.3 Å². The largest absolute Gasteiger partial charge is 0.493 e. The molecule has 0 aliphatic carbocycles. The highest BCUT2D eigenvalue weighted by Gasteiger charge is 2.13. The monoisotopic (exact) mass is 439 g/mol. The average molecular weight is 439 g/mol. The molecule has 0 N–H and O–H groups in total.